The second kappa shape index (κ2) is 12.0. The van der Waals surface area contributed by atoms with Gasteiger partial charge in [-0.05, 0) is 42.3 Å². The molecular weight excluding hydrogens is 468 g/mol. The standard InChI is InChI=1S/C26H28N2O6S/c1-5-34-26(31)25-20(14-23(35-25)18-11-12-21(32-3)22(13-18)33-4)28-24(30)15-19(27-16(2)29)17-9-7-6-8-10-17/h6-14,19H,5,15H2,1-4H3,(H,27,29)(H,28,30). The lowest BCUT2D eigenvalue weighted by Gasteiger charge is -2.18. The van der Waals surface area contributed by atoms with Crippen LogP contribution in [0.25, 0.3) is 10.4 Å². The van der Waals surface area contributed by atoms with Gasteiger partial charge in [-0.2, -0.15) is 0 Å². The summed E-state index contributed by atoms with van der Waals surface area (Å²) in [6.45, 7) is 3.33. The molecule has 3 rings (SSSR count). The summed E-state index contributed by atoms with van der Waals surface area (Å²) in [6.07, 6.45) is -0.00655. The van der Waals surface area contributed by atoms with Gasteiger partial charge in [0.1, 0.15) is 4.88 Å². The van der Waals surface area contributed by atoms with Crippen LogP contribution < -0.4 is 20.1 Å². The number of carbonyl (C=O) groups excluding carboxylic acids is 3. The van der Waals surface area contributed by atoms with E-state index in [1.54, 1.807) is 39.3 Å². The fourth-order valence-corrected chi connectivity index (χ4v) is 4.54. The van der Waals surface area contributed by atoms with Gasteiger partial charge in [0.15, 0.2) is 11.5 Å². The molecule has 1 atom stereocenters. The summed E-state index contributed by atoms with van der Waals surface area (Å²) >= 11 is 1.21. The molecule has 3 aromatic rings. The average molecular weight is 497 g/mol. The normalized spacial score (nSPS) is 11.3. The Kier molecular flexibility index (Phi) is 8.86. The van der Waals surface area contributed by atoms with Crippen molar-refractivity contribution >= 4 is 34.8 Å². The average Bonchev–Trinajstić information content (AvgIpc) is 3.27. The van der Waals surface area contributed by atoms with Gasteiger partial charge < -0.3 is 24.8 Å². The van der Waals surface area contributed by atoms with Crippen LogP contribution in [0, 0.1) is 0 Å². The lowest BCUT2D eigenvalue weighted by Crippen LogP contribution is -2.29. The number of esters is 1. The molecule has 35 heavy (non-hydrogen) atoms. The maximum atomic E-state index is 13.0. The van der Waals surface area contributed by atoms with Crippen molar-refractivity contribution in [2.24, 2.45) is 0 Å². The Balaban J connectivity index is 1.90. The fourth-order valence-electron chi connectivity index (χ4n) is 3.53. The second-order valence-corrected chi connectivity index (χ2v) is 8.61. The number of benzene rings is 2. The number of ether oxygens (including phenoxy) is 3. The van der Waals surface area contributed by atoms with Crippen LogP contribution >= 0.6 is 11.3 Å². The topological polar surface area (TPSA) is 103 Å². The van der Waals surface area contributed by atoms with Crippen LogP contribution in [0.15, 0.2) is 54.6 Å². The Morgan fingerprint density at radius 2 is 1.69 bits per heavy atom. The number of thiophene rings is 1. The number of nitrogens with one attached hydrogen (secondary N) is 2. The highest BCUT2D eigenvalue weighted by atomic mass is 32.1. The highest BCUT2D eigenvalue weighted by Gasteiger charge is 2.23. The van der Waals surface area contributed by atoms with Crippen molar-refractivity contribution in [1.82, 2.24) is 5.32 Å². The highest BCUT2D eigenvalue weighted by Crippen LogP contribution is 2.39. The minimum atomic E-state index is -0.527. The molecule has 0 saturated heterocycles. The van der Waals surface area contributed by atoms with Gasteiger partial charge in [0.25, 0.3) is 0 Å². The van der Waals surface area contributed by atoms with Gasteiger partial charge >= 0.3 is 5.97 Å². The van der Waals surface area contributed by atoms with Crippen molar-refractivity contribution < 1.29 is 28.6 Å². The molecule has 1 aromatic heterocycles. The summed E-state index contributed by atoms with van der Waals surface area (Å²) < 4.78 is 15.9. The van der Waals surface area contributed by atoms with E-state index in [0.29, 0.717) is 17.2 Å². The summed E-state index contributed by atoms with van der Waals surface area (Å²) in [5, 5.41) is 5.64. The molecular formula is C26H28N2O6S. The van der Waals surface area contributed by atoms with Crippen LogP contribution in [-0.2, 0) is 14.3 Å². The maximum Gasteiger partial charge on any atom is 0.350 e. The quantitative estimate of drug-likeness (QED) is 0.390. The van der Waals surface area contributed by atoms with E-state index in [-0.39, 0.29) is 29.7 Å². The van der Waals surface area contributed by atoms with Gasteiger partial charge in [0.2, 0.25) is 11.8 Å². The lowest BCUT2D eigenvalue weighted by molar-refractivity contribution is -0.120. The first-order valence-corrected chi connectivity index (χ1v) is 11.8. The minimum absolute atomic E-state index is 0.00655. The Morgan fingerprint density at radius 1 is 0.971 bits per heavy atom. The van der Waals surface area contributed by atoms with Crippen LogP contribution in [0.5, 0.6) is 11.5 Å². The number of hydrogen-bond acceptors (Lipinski definition) is 7. The number of hydrogen-bond donors (Lipinski definition) is 2. The zero-order chi connectivity index (χ0) is 25.4. The van der Waals surface area contributed by atoms with E-state index in [0.717, 1.165) is 16.0 Å². The molecule has 2 N–H and O–H groups in total. The molecule has 8 nitrogen and oxygen atoms in total. The summed E-state index contributed by atoms with van der Waals surface area (Å²) in [6, 6.07) is 15.9. The Morgan fingerprint density at radius 3 is 2.31 bits per heavy atom. The van der Waals surface area contributed by atoms with Gasteiger partial charge in [0.05, 0.1) is 39.0 Å². The molecule has 1 heterocycles. The Bertz CT molecular complexity index is 1190. The van der Waals surface area contributed by atoms with E-state index in [9.17, 15) is 14.4 Å². The van der Waals surface area contributed by atoms with Crippen molar-refractivity contribution in [3.63, 3.8) is 0 Å². The molecule has 0 spiro atoms. The molecule has 1 unspecified atom stereocenters. The van der Waals surface area contributed by atoms with Gasteiger partial charge in [-0.15, -0.1) is 11.3 Å². The molecule has 184 valence electrons. The van der Waals surface area contributed by atoms with Crippen LogP contribution in [-0.4, -0.2) is 38.6 Å². The van der Waals surface area contributed by atoms with E-state index in [1.165, 1.54) is 18.3 Å². The molecule has 0 radical (unpaired) electrons. The lowest BCUT2D eigenvalue weighted by atomic mass is 10.0. The third kappa shape index (κ3) is 6.60. The van der Waals surface area contributed by atoms with E-state index < -0.39 is 12.0 Å². The SMILES string of the molecule is CCOC(=O)c1sc(-c2ccc(OC)c(OC)c2)cc1NC(=O)CC(NC(C)=O)c1ccccc1. The molecule has 2 amide bonds. The van der Waals surface area contributed by atoms with Crippen LogP contribution in [0.4, 0.5) is 5.69 Å². The zero-order valence-corrected chi connectivity index (χ0v) is 20.9. The molecule has 0 aliphatic carbocycles. The Hall–Kier alpha value is -3.85. The molecule has 0 aliphatic heterocycles. The summed E-state index contributed by atoms with van der Waals surface area (Å²) in [4.78, 5) is 38.4. The van der Waals surface area contributed by atoms with Crippen molar-refractivity contribution in [3.05, 3.63) is 65.0 Å². The van der Waals surface area contributed by atoms with Gasteiger partial charge in [-0.3, -0.25) is 9.59 Å². The van der Waals surface area contributed by atoms with Crippen molar-refractivity contribution in [1.29, 1.82) is 0 Å². The number of rotatable bonds is 10. The van der Waals surface area contributed by atoms with Crippen LogP contribution in [0.3, 0.4) is 0 Å². The van der Waals surface area contributed by atoms with Gasteiger partial charge in [-0.1, -0.05) is 30.3 Å². The summed E-state index contributed by atoms with van der Waals surface area (Å²) in [5.74, 6) is 0.000465. The van der Waals surface area contributed by atoms with Crippen molar-refractivity contribution in [2.45, 2.75) is 26.3 Å². The molecule has 0 saturated carbocycles. The first-order chi connectivity index (χ1) is 16.9. The summed E-state index contributed by atoms with van der Waals surface area (Å²) in [5.41, 5.74) is 1.94. The summed E-state index contributed by atoms with van der Waals surface area (Å²) in [7, 11) is 3.10. The molecule has 9 heteroatoms. The zero-order valence-electron chi connectivity index (χ0n) is 20.0. The molecule has 0 fully saturated rings. The first-order valence-electron chi connectivity index (χ1n) is 11.0. The van der Waals surface area contributed by atoms with E-state index in [2.05, 4.69) is 10.6 Å². The molecule has 0 aliphatic rings. The van der Waals surface area contributed by atoms with Crippen molar-refractivity contribution in [3.8, 4) is 21.9 Å². The third-order valence-electron chi connectivity index (χ3n) is 5.10. The predicted molar refractivity (Wildman–Crippen MR) is 135 cm³/mol. The first kappa shape index (κ1) is 25.8. The van der Waals surface area contributed by atoms with Crippen LogP contribution in [0.2, 0.25) is 0 Å². The molecule has 2 aromatic carbocycles. The van der Waals surface area contributed by atoms with E-state index in [4.69, 9.17) is 14.2 Å². The molecule has 0 bridgehead atoms. The highest BCUT2D eigenvalue weighted by molar-refractivity contribution is 7.18. The number of carbonyl (C=O) groups is 3. The number of anilines is 1. The minimum Gasteiger partial charge on any atom is -0.493 e. The Labute approximate surface area is 208 Å². The van der Waals surface area contributed by atoms with Gasteiger partial charge in [-0.25, -0.2) is 4.79 Å². The smallest absolute Gasteiger partial charge is 0.350 e. The maximum absolute atomic E-state index is 13.0. The van der Waals surface area contributed by atoms with Crippen molar-refractivity contribution in [2.75, 3.05) is 26.1 Å². The van der Waals surface area contributed by atoms with E-state index in [1.807, 2.05) is 36.4 Å². The van der Waals surface area contributed by atoms with Crippen LogP contribution in [0.1, 0.15) is 41.5 Å². The third-order valence-corrected chi connectivity index (χ3v) is 6.27. The fraction of sp³-hybridized carbons (Fsp3) is 0.269. The largest absolute Gasteiger partial charge is 0.493 e. The number of amides is 2. The van der Waals surface area contributed by atoms with Gasteiger partial charge in [0, 0.05) is 11.8 Å². The second-order valence-electron chi connectivity index (χ2n) is 7.56. The monoisotopic (exact) mass is 496 g/mol. The number of methoxy groups -OCH3 is 2. The predicted octanol–water partition coefficient (Wildman–Crippen LogP) is 4.82. The van der Waals surface area contributed by atoms with E-state index >= 15 is 0 Å².